The summed E-state index contributed by atoms with van der Waals surface area (Å²) in [7, 11) is 1.66. The highest BCUT2D eigenvalue weighted by Crippen LogP contribution is 2.33. The normalized spacial score (nSPS) is 17.0. The molecule has 1 fully saturated rings. The Morgan fingerprint density at radius 1 is 1.33 bits per heavy atom. The Bertz CT molecular complexity index is 849. The minimum absolute atomic E-state index is 0.0947. The lowest BCUT2D eigenvalue weighted by molar-refractivity contribution is -0.135. The van der Waals surface area contributed by atoms with Gasteiger partial charge in [0.05, 0.1) is 13.2 Å². The van der Waals surface area contributed by atoms with Crippen LogP contribution < -0.4 is 10.4 Å². The fourth-order valence-corrected chi connectivity index (χ4v) is 3.92. The van der Waals surface area contributed by atoms with Crippen molar-refractivity contribution in [3.05, 3.63) is 57.3 Å². The van der Waals surface area contributed by atoms with Crippen molar-refractivity contribution in [2.24, 2.45) is 0 Å². The number of hydrogen-bond acceptors (Lipinski definition) is 4. The van der Waals surface area contributed by atoms with Crippen molar-refractivity contribution >= 4 is 5.91 Å². The smallest absolute Gasteiger partial charge is 0.345 e. The van der Waals surface area contributed by atoms with Crippen LogP contribution in [-0.4, -0.2) is 34.4 Å². The summed E-state index contributed by atoms with van der Waals surface area (Å²) < 4.78 is 5.34. The number of aryl methyl sites for hydroxylation is 2. The molecule has 1 atom stereocenters. The number of benzene rings is 1. The topological polar surface area (TPSA) is 75.3 Å². The van der Waals surface area contributed by atoms with E-state index in [2.05, 4.69) is 16.0 Å². The highest BCUT2D eigenvalue weighted by Gasteiger charge is 2.28. The lowest BCUT2D eigenvalue weighted by Crippen LogP contribution is -2.38. The molecular weight excluding hydrogens is 342 g/mol. The molecule has 0 bridgehead atoms. The van der Waals surface area contributed by atoms with Crippen molar-refractivity contribution < 1.29 is 9.53 Å². The van der Waals surface area contributed by atoms with Gasteiger partial charge in [-0.25, -0.2) is 4.79 Å². The fraction of sp³-hybridized carbons (Fsp3) is 0.476. The standard InChI is InChI=1S/C21H27N3O3/c1-14-18(15(2)23-21(26)22-14)10-11-20(25)24-12-5-4-9-19(24)16-7-6-8-17(13-16)27-3/h6-8,13,19H,4-5,9-12H2,1-3H3,(H,22,23,26)/t19-/m1/s1. The van der Waals surface area contributed by atoms with E-state index in [9.17, 15) is 9.59 Å². The highest BCUT2D eigenvalue weighted by atomic mass is 16.5. The van der Waals surface area contributed by atoms with Crippen LogP contribution in [0.3, 0.4) is 0 Å². The van der Waals surface area contributed by atoms with Gasteiger partial charge >= 0.3 is 5.69 Å². The van der Waals surface area contributed by atoms with Crippen molar-refractivity contribution in [2.45, 2.75) is 52.0 Å². The molecule has 0 spiro atoms. The minimum atomic E-state index is -0.339. The molecule has 6 nitrogen and oxygen atoms in total. The minimum Gasteiger partial charge on any atom is -0.497 e. The van der Waals surface area contributed by atoms with Crippen LogP contribution in [0.5, 0.6) is 5.75 Å². The molecule has 1 saturated heterocycles. The van der Waals surface area contributed by atoms with E-state index in [4.69, 9.17) is 4.74 Å². The van der Waals surface area contributed by atoms with E-state index in [1.165, 1.54) is 0 Å². The van der Waals surface area contributed by atoms with Gasteiger partial charge in [-0.3, -0.25) is 4.79 Å². The molecule has 2 heterocycles. The number of likely N-dealkylation sites (tertiary alicyclic amines) is 1. The van der Waals surface area contributed by atoms with Crippen LogP contribution in [0.2, 0.25) is 0 Å². The first-order chi connectivity index (χ1) is 13.0. The fourth-order valence-electron chi connectivity index (χ4n) is 3.92. The predicted molar refractivity (Wildman–Crippen MR) is 104 cm³/mol. The number of rotatable bonds is 5. The van der Waals surface area contributed by atoms with Crippen LogP contribution >= 0.6 is 0 Å². The van der Waals surface area contributed by atoms with E-state index in [1.54, 1.807) is 7.11 Å². The summed E-state index contributed by atoms with van der Waals surface area (Å²) in [6, 6.07) is 8.09. The second kappa shape index (κ2) is 8.37. The van der Waals surface area contributed by atoms with Crippen LogP contribution in [0.4, 0.5) is 0 Å². The van der Waals surface area contributed by atoms with Gasteiger partial charge in [0, 0.05) is 24.4 Å². The summed E-state index contributed by atoms with van der Waals surface area (Å²) in [6.07, 6.45) is 4.12. The number of amides is 1. The van der Waals surface area contributed by atoms with E-state index in [0.717, 1.165) is 48.4 Å². The van der Waals surface area contributed by atoms with Gasteiger partial charge in [-0.15, -0.1) is 0 Å². The van der Waals surface area contributed by atoms with Gasteiger partial charge in [0.1, 0.15) is 5.75 Å². The summed E-state index contributed by atoms with van der Waals surface area (Å²) in [5.41, 5.74) is 3.24. The van der Waals surface area contributed by atoms with Crippen LogP contribution in [-0.2, 0) is 11.2 Å². The number of aromatic nitrogens is 2. The molecule has 0 radical (unpaired) electrons. The van der Waals surface area contributed by atoms with Gasteiger partial charge < -0.3 is 14.6 Å². The molecule has 3 rings (SSSR count). The predicted octanol–water partition coefficient (Wildman–Crippen LogP) is 3.08. The third-order valence-electron chi connectivity index (χ3n) is 5.34. The van der Waals surface area contributed by atoms with Gasteiger partial charge in [-0.1, -0.05) is 12.1 Å². The average Bonchev–Trinajstić information content (AvgIpc) is 2.67. The number of methoxy groups -OCH3 is 1. The number of carbonyl (C=O) groups excluding carboxylic acids is 1. The summed E-state index contributed by atoms with van der Waals surface area (Å²) >= 11 is 0. The number of nitrogens with one attached hydrogen (secondary N) is 1. The molecule has 1 aliphatic rings. The maximum atomic E-state index is 13.0. The van der Waals surface area contributed by atoms with E-state index < -0.39 is 0 Å². The monoisotopic (exact) mass is 369 g/mol. The van der Waals surface area contributed by atoms with Crippen LogP contribution in [0.25, 0.3) is 0 Å². The van der Waals surface area contributed by atoms with Crippen molar-refractivity contribution in [1.29, 1.82) is 0 Å². The van der Waals surface area contributed by atoms with Gasteiger partial charge in [-0.05, 0) is 62.8 Å². The molecule has 1 aliphatic heterocycles. The SMILES string of the molecule is COc1cccc([C@H]2CCCCN2C(=O)CCc2c(C)nc(=O)[nH]c2C)c1. The number of carbonyl (C=O) groups is 1. The molecule has 144 valence electrons. The third kappa shape index (κ3) is 4.38. The summed E-state index contributed by atoms with van der Waals surface area (Å²) in [5, 5.41) is 0. The summed E-state index contributed by atoms with van der Waals surface area (Å²) in [5.74, 6) is 0.962. The number of ether oxygens (including phenoxy) is 1. The van der Waals surface area contributed by atoms with Crippen LogP contribution in [0, 0.1) is 13.8 Å². The largest absolute Gasteiger partial charge is 0.497 e. The van der Waals surface area contributed by atoms with E-state index in [1.807, 2.05) is 36.9 Å². The van der Waals surface area contributed by atoms with Gasteiger partial charge in [0.15, 0.2) is 0 Å². The number of hydrogen-bond donors (Lipinski definition) is 1. The molecule has 1 N–H and O–H groups in total. The van der Waals surface area contributed by atoms with Gasteiger partial charge in [0.2, 0.25) is 5.91 Å². The molecule has 0 aliphatic carbocycles. The number of aromatic amines is 1. The Balaban J connectivity index is 1.75. The Labute approximate surface area is 159 Å². The van der Waals surface area contributed by atoms with Crippen molar-refractivity contribution in [1.82, 2.24) is 14.9 Å². The summed E-state index contributed by atoms with van der Waals surface area (Å²) in [4.78, 5) is 33.1. The maximum absolute atomic E-state index is 13.0. The summed E-state index contributed by atoms with van der Waals surface area (Å²) in [6.45, 7) is 4.46. The number of piperidine rings is 1. The van der Waals surface area contributed by atoms with Gasteiger partial charge in [0.25, 0.3) is 0 Å². The van der Waals surface area contributed by atoms with Crippen LogP contribution in [0.1, 0.15) is 54.2 Å². The van der Waals surface area contributed by atoms with Crippen molar-refractivity contribution in [2.75, 3.05) is 13.7 Å². The van der Waals surface area contributed by atoms with Crippen molar-refractivity contribution in [3.8, 4) is 5.75 Å². The molecule has 1 aromatic heterocycles. The molecule has 1 amide bonds. The second-order valence-electron chi connectivity index (χ2n) is 7.11. The molecule has 6 heteroatoms. The quantitative estimate of drug-likeness (QED) is 0.879. The molecule has 0 saturated carbocycles. The van der Waals surface area contributed by atoms with E-state index in [-0.39, 0.29) is 17.6 Å². The highest BCUT2D eigenvalue weighted by molar-refractivity contribution is 5.77. The lowest BCUT2D eigenvalue weighted by atomic mass is 9.94. The molecule has 2 aromatic rings. The van der Waals surface area contributed by atoms with Crippen molar-refractivity contribution in [3.63, 3.8) is 0 Å². The first kappa shape index (κ1) is 19.1. The second-order valence-corrected chi connectivity index (χ2v) is 7.11. The van der Waals surface area contributed by atoms with E-state index >= 15 is 0 Å². The zero-order valence-corrected chi connectivity index (χ0v) is 16.2. The number of H-pyrrole nitrogens is 1. The molecule has 1 aromatic carbocycles. The molecule has 0 unspecified atom stereocenters. The first-order valence-electron chi connectivity index (χ1n) is 9.49. The average molecular weight is 369 g/mol. The zero-order valence-electron chi connectivity index (χ0n) is 16.2. The molecular formula is C21H27N3O3. The van der Waals surface area contributed by atoms with E-state index in [0.29, 0.717) is 18.5 Å². The van der Waals surface area contributed by atoms with Gasteiger partial charge in [-0.2, -0.15) is 4.98 Å². The Morgan fingerprint density at radius 3 is 2.89 bits per heavy atom. The Morgan fingerprint density at radius 2 is 2.15 bits per heavy atom. The molecule has 27 heavy (non-hydrogen) atoms. The van der Waals surface area contributed by atoms with Crippen LogP contribution in [0.15, 0.2) is 29.1 Å². The Kier molecular flexibility index (Phi) is 5.94. The zero-order chi connectivity index (χ0) is 19.4. The third-order valence-corrected chi connectivity index (χ3v) is 5.34. The lowest BCUT2D eigenvalue weighted by Gasteiger charge is -2.36. The number of nitrogens with zero attached hydrogens (tertiary/aromatic N) is 2. The maximum Gasteiger partial charge on any atom is 0.345 e. The Hall–Kier alpha value is -2.63. The first-order valence-corrected chi connectivity index (χ1v) is 9.49.